The second kappa shape index (κ2) is 5.81. The highest BCUT2D eigenvalue weighted by Gasteiger charge is 2.05. The van der Waals surface area contributed by atoms with Crippen LogP contribution in [0, 0.1) is 0 Å². The molecule has 0 saturated carbocycles. The molecule has 19 heavy (non-hydrogen) atoms. The fourth-order valence-corrected chi connectivity index (χ4v) is 1.53. The molecule has 0 unspecified atom stereocenters. The third-order valence-electron chi connectivity index (χ3n) is 2.46. The molecule has 0 aliphatic carbocycles. The molecule has 1 aromatic heterocycles. The van der Waals surface area contributed by atoms with E-state index in [-0.39, 0.29) is 5.69 Å². The third-order valence-corrected chi connectivity index (χ3v) is 2.46. The van der Waals surface area contributed by atoms with Crippen LogP contribution in [0.15, 0.2) is 36.7 Å². The van der Waals surface area contributed by atoms with Gasteiger partial charge in [0.05, 0.1) is 19.5 Å². The van der Waals surface area contributed by atoms with Crippen molar-refractivity contribution < 1.29 is 14.6 Å². The van der Waals surface area contributed by atoms with Crippen molar-refractivity contribution in [3.8, 4) is 5.75 Å². The minimum absolute atomic E-state index is 0.0874. The molecular formula is C13H13N3O3. The summed E-state index contributed by atoms with van der Waals surface area (Å²) < 4.78 is 5.12. The smallest absolute Gasteiger partial charge is 0.356 e. The van der Waals surface area contributed by atoms with Gasteiger partial charge in [-0.1, -0.05) is 12.1 Å². The number of aromatic carboxylic acids is 1. The lowest BCUT2D eigenvalue weighted by molar-refractivity contribution is 0.0690. The monoisotopic (exact) mass is 259 g/mol. The lowest BCUT2D eigenvalue weighted by Crippen LogP contribution is -2.06. The Hall–Kier alpha value is -2.63. The van der Waals surface area contributed by atoms with Gasteiger partial charge in [0.25, 0.3) is 0 Å². The minimum Gasteiger partial charge on any atom is -0.497 e. The number of carboxylic acids is 1. The molecule has 98 valence electrons. The predicted octanol–water partition coefficient (Wildman–Crippen LogP) is 1.80. The summed E-state index contributed by atoms with van der Waals surface area (Å²) in [4.78, 5) is 18.5. The molecule has 6 heteroatoms. The first-order valence-electron chi connectivity index (χ1n) is 5.61. The number of hydrogen-bond donors (Lipinski definition) is 2. The molecule has 2 aromatic rings. The van der Waals surface area contributed by atoms with Crippen molar-refractivity contribution in [2.45, 2.75) is 6.54 Å². The van der Waals surface area contributed by atoms with E-state index in [1.165, 1.54) is 12.4 Å². The van der Waals surface area contributed by atoms with Crippen LogP contribution in [-0.2, 0) is 6.54 Å². The number of methoxy groups -OCH3 is 1. The van der Waals surface area contributed by atoms with Gasteiger partial charge in [-0.25, -0.2) is 9.78 Å². The zero-order chi connectivity index (χ0) is 13.7. The molecule has 0 aliphatic rings. The van der Waals surface area contributed by atoms with Crippen LogP contribution >= 0.6 is 0 Å². The molecule has 0 fully saturated rings. The van der Waals surface area contributed by atoms with E-state index in [2.05, 4.69) is 15.3 Å². The Morgan fingerprint density at radius 3 is 3.00 bits per heavy atom. The van der Waals surface area contributed by atoms with Crippen molar-refractivity contribution in [1.82, 2.24) is 9.97 Å². The summed E-state index contributed by atoms with van der Waals surface area (Å²) in [6.07, 6.45) is 2.69. The molecular weight excluding hydrogens is 246 g/mol. The summed E-state index contributed by atoms with van der Waals surface area (Å²) in [5.41, 5.74) is 0.914. The van der Waals surface area contributed by atoms with E-state index < -0.39 is 5.97 Å². The number of nitrogens with zero attached hydrogens (tertiary/aromatic N) is 2. The van der Waals surface area contributed by atoms with Crippen LogP contribution in [0.1, 0.15) is 16.1 Å². The van der Waals surface area contributed by atoms with Gasteiger partial charge in [0, 0.05) is 6.54 Å². The van der Waals surface area contributed by atoms with Gasteiger partial charge in [-0.05, 0) is 17.7 Å². The Kier molecular flexibility index (Phi) is 3.92. The van der Waals surface area contributed by atoms with Crippen LogP contribution < -0.4 is 10.1 Å². The highest BCUT2D eigenvalue weighted by molar-refractivity contribution is 5.85. The van der Waals surface area contributed by atoms with E-state index in [1.807, 2.05) is 24.3 Å². The number of carboxylic acid groups (broad SMARTS) is 1. The number of rotatable bonds is 5. The zero-order valence-corrected chi connectivity index (χ0v) is 10.3. The van der Waals surface area contributed by atoms with Crippen LogP contribution in [0.5, 0.6) is 5.75 Å². The van der Waals surface area contributed by atoms with Crippen LogP contribution in [0.25, 0.3) is 0 Å². The Balaban J connectivity index is 2.05. The summed E-state index contributed by atoms with van der Waals surface area (Å²) in [6.45, 7) is 0.509. The maximum absolute atomic E-state index is 10.8. The van der Waals surface area contributed by atoms with E-state index in [0.29, 0.717) is 12.4 Å². The zero-order valence-electron chi connectivity index (χ0n) is 10.3. The van der Waals surface area contributed by atoms with Crippen molar-refractivity contribution in [3.63, 3.8) is 0 Å². The number of ether oxygens (including phenoxy) is 1. The van der Waals surface area contributed by atoms with Crippen molar-refractivity contribution >= 4 is 11.8 Å². The first kappa shape index (κ1) is 12.8. The maximum Gasteiger partial charge on any atom is 0.356 e. The summed E-state index contributed by atoms with van der Waals surface area (Å²) in [7, 11) is 1.61. The number of nitrogens with one attached hydrogen (secondary N) is 1. The van der Waals surface area contributed by atoms with Crippen LogP contribution in [0.4, 0.5) is 5.82 Å². The van der Waals surface area contributed by atoms with Gasteiger partial charge in [-0.2, -0.15) is 0 Å². The van der Waals surface area contributed by atoms with E-state index in [4.69, 9.17) is 9.84 Å². The Morgan fingerprint density at radius 2 is 2.26 bits per heavy atom. The topological polar surface area (TPSA) is 84.3 Å². The number of anilines is 1. The average Bonchev–Trinajstić information content (AvgIpc) is 2.45. The fourth-order valence-electron chi connectivity index (χ4n) is 1.53. The molecule has 0 atom stereocenters. The summed E-state index contributed by atoms with van der Waals surface area (Å²) in [5, 5.41) is 11.8. The first-order chi connectivity index (χ1) is 9.19. The second-order valence-electron chi connectivity index (χ2n) is 3.80. The van der Waals surface area contributed by atoms with Gasteiger partial charge >= 0.3 is 5.97 Å². The van der Waals surface area contributed by atoms with E-state index in [9.17, 15) is 4.79 Å². The fraction of sp³-hybridized carbons (Fsp3) is 0.154. The van der Waals surface area contributed by atoms with Gasteiger partial charge in [-0.15, -0.1) is 0 Å². The molecule has 1 aromatic carbocycles. The Morgan fingerprint density at radius 1 is 1.42 bits per heavy atom. The molecule has 6 nitrogen and oxygen atoms in total. The molecule has 0 radical (unpaired) electrons. The quantitative estimate of drug-likeness (QED) is 0.851. The van der Waals surface area contributed by atoms with Crippen LogP contribution in [0.3, 0.4) is 0 Å². The van der Waals surface area contributed by atoms with Crippen molar-refractivity contribution in [2.24, 2.45) is 0 Å². The number of hydrogen-bond acceptors (Lipinski definition) is 5. The number of benzene rings is 1. The van der Waals surface area contributed by atoms with Gasteiger partial charge in [-0.3, -0.25) is 4.98 Å². The molecule has 0 spiro atoms. The number of carbonyl (C=O) groups is 1. The Labute approximate surface area is 110 Å². The molecule has 0 saturated heterocycles. The molecule has 2 N–H and O–H groups in total. The summed E-state index contributed by atoms with van der Waals surface area (Å²) in [5.74, 6) is 0.0879. The van der Waals surface area contributed by atoms with Crippen molar-refractivity contribution in [2.75, 3.05) is 12.4 Å². The first-order valence-corrected chi connectivity index (χ1v) is 5.61. The van der Waals surface area contributed by atoms with Gasteiger partial charge in [0.15, 0.2) is 5.69 Å². The molecule has 2 rings (SSSR count). The second-order valence-corrected chi connectivity index (χ2v) is 3.80. The normalized spacial score (nSPS) is 9.95. The van der Waals surface area contributed by atoms with Crippen molar-refractivity contribution in [1.29, 1.82) is 0 Å². The molecule has 0 amide bonds. The van der Waals surface area contributed by atoms with Crippen LogP contribution in [-0.4, -0.2) is 28.2 Å². The molecule has 0 aliphatic heterocycles. The van der Waals surface area contributed by atoms with Gasteiger partial charge < -0.3 is 15.2 Å². The van der Waals surface area contributed by atoms with E-state index in [1.54, 1.807) is 7.11 Å². The lowest BCUT2D eigenvalue weighted by atomic mass is 10.2. The largest absolute Gasteiger partial charge is 0.497 e. The average molecular weight is 259 g/mol. The van der Waals surface area contributed by atoms with E-state index >= 15 is 0 Å². The Bertz CT molecular complexity index is 587. The standard InChI is InChI=1S/C13H13N3O3/c1-19-10-4-2-3-9(5-10)6-15-12-8-14-7-11(16-12)13(17)18/h2-5,7-8H,6H2,1H3,(H,15,16)(H,17,18). The van der Waals surface area contributed by atoms with Crippen LogP contribution in [0.2, 0.25) is 0 Å². The lowest BCUT2D eigenvalue weighted by Gasteiger charge is -2.07. The van der Waals surface area contributed by atoms with E-state index in [0.717, 1.165) is 11.3 Å². The SMILES string of the molecule is COc1cccc(CNc2cncc(C(=O)O)n2)c1. The van der Waals surface area contributed by atoms with Crippen molar-refractivity contribution in [3.05, 3.63) is 47.9 Å². The van der Waals surface area contributed by atoms with Gasteiger partial charge in [0.1, 0.15) is 11.6 Å². The highest BCUT2D eigenvalue weighted by Crippen LogP contribution is 2.13. The third kappa shape index (κ3) is 3.41. The predicted molar refractivity (Wildman–Crippen MR) is 69.3 cm³/mol. The minimum atomic E-state index is -1.10. The number of aromatic nitrogens is 2. The highest BCUT2D eigenvalue weighted by atomic mass is 16.5. The molecule has 0 bridgehead atoms. The summed E-state index contributed by atoms with van der Waals surface area (Å²) in [6, 6.07) is 7.56. The summed E-state index contributed by atoms with van der Waals surface area (Å²) >= 11 is 0. The van der Waals surface area contributed by atoms with Gasteiger partial charge in [0.2, 0.25) is 0 Å². The maximum atomic E-state index is 10.8. The molecule has 1 heterocycles.